The fourth-order valence-corrected chi connectivity index (χ4v) is 2.63. The quantitative estimate of drug-likeness (QED) is 0.712. The van der Waals surface area contributed by atoms with Crippen molar-refractivity contribution in [3.63, 3.8) is 0 Å². The highest BCUT2D eigenvalue weighted by atomic mass is 16.1. The zero-order valence-electron chi connectivity index (χ0n) is 12.8. The first-order valence-electron chi connectivity index (χ1n) is 7.86. The van der Waals surface area contributed by atoms with Gasteiger partial charge in [0.1, 0.15) is 5.82 Å². The van der Waals surface area contributed by atoms with E-state index in [1.54, 1.807) is 6.07 Å². The van der Waals surface area contributed by atoms with Gasteiger partial charge in [-0.2, -0.15) is 0 Å². The van der Waals surface area contributed by atoms with Gasteiger partial charge in [-0.3, -0.25) is 4.79 Å². The van der Waals surface area contributed by atoms with Crippen molar-refractivity contribution in [2.24, 2.45) is 0 Å². The van der Waals surface area contributed by atoms with Crippen molar-refractivity contribution in [3.8, 4) is 11.4 Å². The van der Waals surface area contributed by atoms with E-state index in [4.69, 9.17) is 0 Å². The SMILES string of the molecule is CCCCCc1ccc(-c2nc3ccccc3c(=O)[nH]2)cc1. The summed E-state index contributed by atoms with van der Waals surface area (Å²) in [4.78, 5) is 19.5. The third-order valence-electron chi connectivity index (χ3n) is 3.91. The molecule has 2 aromatic carbocycles. The number of rotatable bonds is 5. The van der Waals surface area contributed by atoms with Gasteiger partial charge < -0.3 is 4.98 Å². The van der Waals surface area contributed by atoms with Gasteiger partial charge in [0, 0.05) is 5.56 Å². The molecule has 3 nitrogen and oxygen atoms in total. The molecule has 0 amide bonds. The summed E-state index contributed by atoms with van der Waals surface area (Å²) in [6, 6.07) is 15.7. The van der Waals surface area contributed by atoms with E-state index in [9.17, 15) is 4.79 Å². The minimum Gasteiger partial charge on any atom is -0.306 e. The Kier molecular flexibility index (Phi) is 4.33. The zero-order chi connectivity index (χ0) is 15.4. The molecule has 0 atom stereocenters. The van der Waals surface area contributed by atoms with Crippen LogP contribution in [0.3, 0.4) is 0 Å². The largest absolute Gasteiger partial charge is 0.306 e. The summed E-state index contributed by atoms with van der Waals surface area (Å²) in [6.07, 6.45) is 4.83. The molecule has 3 rings (SSSR count). The maximum Gasteiger partial charge on any atom is 0.259 e. The van der Waals surface area contributed by atoms with Gasteiger partial charge in [0.05, 0.1) is 10.9 Å². The third-order valence-corrected chi connectivity index (χ3v) is 3.91. The van der Waals surface area contributed by atoms with Crippen molar-refractivity contribution in [1.82, 2.24) is 9.97 Å². The van der Waals surface area contributed by atoms with Crippen LogP contribution in [0, 0.1) is 0 Å². The van der Waals surface area contributed by atoms with Gasteiger partial charge in [0.2, 0.25) is 0 Å². The second-order valence-corrected chi connectivity index (χ2v) is 5.59. The third kappa shape index (κ3) is 3.08. The molecule has 22 heavy (non-hydrogen) atoms. The van der Waals surface area contributed by atoms with Crippen molar-refractivity contribution in [1.29, 1.82) is 0 Å². The molecular formula is C19H20N2O. The molecule has 0 saturated carbocycles. The van der Waals surface area contributed by atoms with Crippen LogP contribution in [0.5, 0.6) is 0 Å². The van der Waals surface area contributed by atoms with Gasteiger partial charge in [0.25, 0.3) is 5.56 Å². The van der Waals surface area contributed by atoms with Crippen LogP contribution in [-0.2, 0) is 6.42 Å². The number of benzene rings is 2. The lowest BCUT2D eigenvalue weighted by atomic mass is 10.1. The van der Waals surface area contributed by atoms with Crippen LogP contribution in [0.15, 0.2) is 53.3 Å². The van der Waals surface area contributed by atoms with Crippen LogP contribution in [-0.4, -0.2) is 9.97 Å². The molecule has 1 aromatic heterocycles. The number of nitrogens with zero attached hydrogens (tertiary/aromatic N) is 1. The molecule has 0 unspecified atom stereocenters. The molecule has 0 saturated heterocycles. The molecule has 112 valence electrons. The minimum absolute atomic E-state index is 0.0902. The topological polar surface area (TPSA) is 45.8 Å². The van der Waals surface area contributed by atoms with Gasteiger partial charge in [0.15, 0.2) is 0 Å². The van der Waals surface area contributed by atoms with E-state index in [1.165, 1.54) is 24.8 Å². The van der Waals surface area contributed by atoms with Crippen LogP contribution >= 0.6 is 0 Å². The summed E-state index contributed by atoms with van der Waals surface area (Å²) in [5, 5.41) is 0.627. The number of fused-ring (bicyclic) bond motifs is 1. The Morgan fingerprint density at radius 1 is 1.00 bits per heavy atom. The van der Waals surface area contributed by atoms with Crippen LogP contribution in [0.4, 0.5) is 0 Å². The summed E-state index contributed by atoms with van der Waals surface area (Å²) < 4.78 is 0. The van der Waals surface area contributed by atoms with E-state index >= 15 is 0 Å². The van der Waals surface area contributed by atoms with Crippen molar-refractivity contribution in [2.45, 2.75) is 32.6 Å². The van der Waals surface area contributed by atoms with Gasteiger partial charge in [-0.1, -0.05) is 56.2 Å². The maximum absolute atomic E-state index is 12.1. The predicted molar refractivity (Wildman–Crippen MR) is 91.0 cm³/mol. The molecule has 0 aliphatic rings. The number of aryl methyl sites for hydroxylation is 1. The highest BCUT2D eigenvalue weighted by Gasteiger charge is 2.05. The van der Waals surface area contributed by atoms with E-state index in [-0.39, 0.29) is 5.56 Å². The lowest BCUT2D eigenvalue weighted by Gasteiger charge is -2.05. The standard InChI is InChI=1S/C19H20N2O/c1-2-3-4-7-14-10-12-15(13-11-14)18-20-17-9-6-5-8-16(17)19(22)21-18/h5-6,8-13H,2-4,7H2,1H3,(H,20,21,22). The predicted octanol–water partition coefficient (Wildman–Crippen LogP) is 4.32. The highest BCUT2D eigenvalue weighted by Crippen LogP contribution is 2.18. The number of hydrogen-bond acceptors (Lipinski definition) is 2. The molecule has 1 N–H and O–H groups in total. The Morgan fingerprint density at radius 2 is 1.77 bits per heavy atom. The molecule has 0 aliphatic carbocycles. The first kappa shape index (κ1) is 14.5. The Hall–Kier alpha value is -2.42. The smallest absolute Gasteiger partial charge is 0.259 e. The molecule has 0 aliphatic heterocycles. The van der Waals surface area contributed by atoms with E-state index in [0.29, 0.717) is 11.2 Å². The lowest BCUT2D eigenvalue weighted by Crippen LogP contribution is -2.09. The number of nitrogens with one attached hydrogen (secondary N) is 1. The number of unbranched alkanes of at least 4 members (excludes halogenated alkanes) is 2. The van der Waals surface area contributed by atoms with Crippen LogP contribution in [0.2, 0.25) is 0 Å². The number of hydrogen-bond donors (Lipinski definition) is 1. The van der Waals surface area contributed by atoms with Gasteiger partial charge in [-0.15, -0.1) is 0 Å². The Labute approximate surface area is 130 Å². The highest BCUT2D eigenvalue weighted by molar-refractivity contribution is 5.79. The molecule has 3 aromatic rings. The van der Waals surface area contributed by atoms with E-state index in [0.717, 1.165) is 17.5 Å². The molecular weight excluding hydrogens is 272 g/mol. The summed E-state index contributed by atoms with van der Waals surface area (Å²) in [6.45, 7) is 2.21. The summed E-state index contributed by atoms with van der Waals surface area (Å²) in [5.41, 5.74) is 2.92. The lowest BCUT2D eigenvalue weighted by molar-refractivity contribution is 0.717. The fourth-order valence-electron chi connectivity index (χ4n) is 2.63. The second kappa shape index (κ2) is 6.56. The van der Waals surface area contributed by atoms with Crippen LogP contribution in [0.1, 0.15) is 31.7 Å². The number of aromatic amines is 1. The number of H-pyrrole nitrogens is 1. The molecule has 3 heteroatoms. The average Bonchev–Trinajstić information content (AvgIpc) is 2.56. The van der Waals surface area contributed by atoms with Gasteiger partial charge >= 0.3 is 0 Å². The van der Waals surface area contributed by atoms with Crippen LogP contribution < -0.4 is 5.56 Å². The summed E-state index contributed by atoms with van der Waals surface area (Å²) >= 11 is 0. The zero-order valence-corrected chi connectivity index (χ0v) is 12.8. The minimum atomic E-state index is -0.0902. The van der Waals surface area contributed by atoms with E-state index in [1.807, 2.05) is 30.3 Å². The Morgan fingerprint density at radius 3 is 2.55 bits per heavy atom. The molecule has 0 fully saturated rings. The monoisotopic (exact) mass is 292 g/mol. The Balaban J connectivity index is 1.89. The fraction of sp³-hybridized carbons (Fsp3) is 0.263. The number of aromatic nitrogens is 2. The molecule has 0 bridgehead atoms. The second-order valence-electron chi connectivity index (χ2n) is 5.59. The van der Waals surface area contributed by atoms with Gasteiger partial charge in [-0.25, -0.2) is 4.98 Å². The first-order chi connectivity index (χ1) is 10.8. The average molecular weight is 292 g/mol. The van der Waals surface area contributed by atoms with Crippen molar-refractivity contribution < 1.29 is 0 Å². The molecule has 1 heterocycles. The van der Waals surface area contributed by atoms with Crippen molar-refractivity contribution >= 4 is 10.9 Å². The summed E-state index contributed by atoms with van der Waals surface area (Å²) in [5.74, 6) is 0.629. The maximum atomic E-state index is 12.1. The normalized spacial score (nSPS) is 11.0. The van der Waals surface area contributed by atoms with Gasteiger partial charge in [-0.05, 0) is 30.5 Å². The molecule has 0 spiro atoms. The van der Waals surface area contributed by atoms with E-state index < -0.39 is 0 Å². The molecule has 0 radical (unpaired) electrons. The van der Waals surface area contributed by atoms with Crippen LogP contribution in [0.25, 0.3) is 22.3 Å². The van der Waals surface area contributed by atoms with E-state index in [2.05, 4.69) is 29.0 Å². The Bertz CT molecular complexity index is 819. The first-order valence-corrected chi connectivity index (χ1v) is 7.86. The van der Waals surface area contributed by atoms with Crippen molar-refractivity contribution in [3.05, 3.63) is 64.4 Å². The number of para-hydroxylation sites is 1. The van der Waals surface area contributed by atoms with Crippen molar-refractivity contribution in [2.75, 3.05) is 0 Å². The summed E-state index contributed by atoms with van der Waals surface area (Å²) in [7, 11) is 0.